The predicted octanol–water partition coefficient (Wildman–Crippen LogP) is 2.92. The molecule has 3 heterocycles. The van der Waals surface area contributed by atoms with Gasteiger partial charge >= 0.3 is 0 Å². The first-order chi connectivity index (χ1) is 9.92. The highest BCUT2D eigenvalue weighted by Gasteiger charge is 2.24. The maximum atomic E-state index is 4.21. The quantitative estimate of drug-likeness (QED) is 0.844. The van der Waals surface area contributed by atoms with Gasteiger partial charge in [-0.05, 0) is 63.5 Å². The van der Waals surface area contributed by atoms with E-state index in [1.165, 1.54) is 70.3 Å². The van der Waals surface area contributed by atoms with Crippen molar-refractivity contribution in [3.8, 4) is 0 Å². The van der Waals surface area contributed by atoms with E-state index in [2.05, 4.69) is 20.9 Å². The zero-order valence-corrected chi connectivity index (χ0v) is 12.5. The van der Waals surface area contributed by atoms with E-state index in [9.17, 15) is 0 Å². The smallest absolute Gasteiger partial charge is 0.0312 e. The second-order valence-corrected chi connectivity index (χ2v) is 6.32. The molecule has 0 saturated carbocycles. The van der Waals surface area contributed by atoms with E-state index in [4.69, 9.17) is 0 Å². The first kappa shape index (κ1) is 14.0. The number of pyridine rings is 1. The molecule has 1 aromatic heterocycles. The highest BCUT2D eigenvalue weighted by atomic mass is 15.2. The molecular formula is C17H27N3. The number of aromatic nitrogens is 1. The minimum atomic E-state index is 0.846. The van der Waals surface area contributed by atoms with Crippen LogP contribution in [0.5, 0.6) is 0 Å². The van der Waals surface area contributed by atoms with Crippen molar-refractivity contribution in [1.29, 1.82) is 0 Å². The Balaban J connectivity index is 1.46. The molecule has 3 rings (SSSR count). The van der Waals surface area contributed by atoms with Gasteiger partial charge in [0.2, 0.25) is 0 Å². The fraction of sp³-hybridized carbons (Fsp3) is 0.706. The average Bonchev–Trinajstić information content (AvgIpc) is 2.78. The van der Waals surface area contributed by atoms with Gasteiger partial charge in [0, 0.05) is 25.0 Å². The lowest BCUT2D eigenvalue weighted by Gasteiger charge is -2.38. The highest BCUT2D eigenvalue weighted by molar-refractivity contribution is 5.08. The minimum Gasteiger partial charge on any atom is -0.300 e. The van der Waals surface area contributed by atoms with Gasteiger partial charge in [0.05, 0.1) is 0 Å². The first-order valence-corrected chi connectivity index (χ1v) is 8.27. The summed E-state index contributed by atoms with van der Waals surface area (Å²) in [5.41, 5.74) is 1.35. The fourth-order valence-electron chi connectivity index (χ4n) is 3.65. The summed E-state index contributed by atoms with van der Waals surface area (Å²) in [5.74, 6) is 0. The van der Waals surface area contributed by atoms with Crippen LogP contribution >= 0.6 is 0 Å². The molecule has 0 spiro atoms. The van der Waals surface area contributed by atoms with Gasteiger partial charge in [-0.2, -0.15) is 0 Å². The fourth-order valence-corrected chi connectivity index (χ4v) is 3.65. The van der Waals surface area contributed by atoms with Crippen LogP contribution in [0.2, 0.25) is 0 Å². The van der Waals surface area contributed by atoms with E-state index < -0.39 is 0 Å². The Labute approximate surface area is 123 Å². The molecule has 2 aliphatic heterocycles. The molecule has 0 aromatic carbocycles. The molecule has 1 aromatic rings. The molecule has 2 saturated heterocycles. The molecule has 3 nitrogen and oxygen atoms in total. The van der Waals surface area contributed by atoms with Gasteiger partial charge in [0.1, 0.15) is 0 Å². The van der Waals surface area contributed by atoms with Crippen molar-refractivity contribution in [3.63, 3.8) is 0 Å². The van der Waals surface area contributed by atoms with Crippen LogP contribution in [0.1, 0.15) is 44.1 Å². The molecule has 0 N–H and O–H groups in total. The minimum absolute atomic E-state index is 0.846. The van der Waals surface area contributed by atoms with Crippen molar-refractivity contribution in [3.05, 3.63) is 30.1 Å². The van der Waals surface area contributed by atoms with Crippen LogP contribution in [0.15, 0.2) is 24.5 Å². The Morgan fingerprint density at radius 2 is 1.75 bits per heavy atom. The SMILES string of the molecule is c1cncc(CN2CCC(N3CCCCCC3)CC2)c1. The third-order valence-electron chi connectivity index (χ3n) is 4.84. The molecule has 20 heavy (non-hydrogen) atoms. The largest absolute Gasteiger partial charge is 0.300 e. The normalized spacial score (nSPS) is 23.6. The monoisotopic (exact) mass is 273 g/mol. The molecular weight excluding hydrogens is 246 g/mol. The number of piperidine rings is 1. The Bertz CT molecular complexity index is 376. The van der Waals surface area contributed by atoms with E-state index >= 15 is 0 Å². The number of rotatable bonds is 3. The number of likely N-dealkylation sites (tertiary alicyclic amines) is 2. The van der Waals surface area contributed by atoms with Crippen LogP contribution in [0.4, 0.5) is 0 Å². The van der Waals surface area contributed by atoms with Crippen LogP contribution in [0.3, 0.4) is 0 Å². The van der Waals surface area contributed by atoms with E-state index in [0.29, 0.717) is 0 Å². The molecule has 0 amide bonds. The summed E-state index contributed by atoms with van der Waals surface area (Å²) in [6.45, 7) is 6.24. The molecule has 0 unspecified atom stereocenters. The molecule has 0 atom stereocenters. The third-order valence-corrected chi connectivity index (χ3v) is 4.84. The molecule has 110 valence electrons. The Hall–Kier alpha value is -0.930. The van der Waals surface area contributed by atoms with E-state index in [-0.39, 0.29) is 0 Å². The summed E-state index contributed by atoms with van der Waals surface area (Å²) in [4.78, 5) is 9.57. The zero-order chi connectivity index (χ0) is 13.6. The number of hydrogen-bond donors (Lipinski definition) is 0. The van der Waals surface area contributed by atoms with Crippen molar-refractivity contribution in [2.45, 2.75) is 51.1 Å². The third kappa shape index (κ3) is 3.80. The summed E-state index contributed by atoms with van der Waals surface area (Å²) in [7, 11) is 0. The number of hydrogen-bond acceptors (Lipinski definition) is 3. The van der Waals surface area contributed by atoms with Crippen LogP contribution in [-0.2, 0) is 6.54 Å². The number of nitrogens with zero attached hydrogens (tertiary/aromatic N) is 3. The summed E-state index contributed by atoms with van der Waals surface area (Å²) in [5, 5.41) is 0. The van der Waals surface area contributed by atoms with E-state index in [0.717, 1.165) is 12.6 Å². The lowest BCUT2D eigenvalue weighted by atomic mass is 10.0. The van der Waals surface area contributed by atoms with Crippen LogP contribution in [0.25, 0.3) is 0 Å². The van der Waals surface area contributed by atoms with Gasteiger partial charge < -0.3 is 4.90 Å². The van der Waals surface area contributed by atoms with Crippen LogP contribution < -0.4 is 0 Å². The molecule has 0 radical (unpaired) electrons. The first-order valence-electron chi connectivity index (χ1n) is 8.27. The summed E-state index contributed by atoms with van der Waals surface area (Å²) in [6.07, 6.45) is 12.3. The standard InChI is InChI=1S/C17H27N3/c1-2-4-11-20(10-3-1)17-7-12-19(13-8-17)15-16-6-5-9-18-14-16/h5-6,9,14,17H,1-4,7-8,10-13,15H2. The summed E-state index contributed by atoms with van der Waals surface area (Å²) < 4.78 is 0. The molecule has 0 aliphatic carbocycles. The summed E-state index contributed by atoms with van der Waals surface area (Å²) in [6, 6.07) is 5.07. The lowest BCUT2D eigenvalue weighted by Crippen LogP contribution is -2.45. The van der Waals surface area contributed by atoms with Gasteiger partial charge in [-0.15, -0.1) is 0 Å². The van der Waals surface area contributed by atoms with Crippen molar-refractivity contribution in [2.75, 3.05) is 26.2 Å². The highest BCUT2D eigenvalue weighted by Crippen LogP contribution is 2.21. The molecule has 3 heteroatoms. The van der Waals surface area contributed by atoms with Gasteiger partial charge in [-0.3, -0.25) is 9.88 Å². The van der Waals surface area contributed by atoms with Crippen molar-refractivity contribution in [1.82, 2.24) is 14.8 Å². The molecule has 0 bridgehead atoms. The van der Waals surface area contributed by atoms with Crippen molar-refractivity contribution >= 4 is 0 Å². The van der Waals surface area contributed by atoms with E-state index in [1.54, 1.807) is 0 Å². The van der Waals surface area contributed by atoms with Crippen molar-refractivity contribution in [2.24, 2.45) is 0 Å². The summed E-state index contributed by atoms with van der Waals surface area (Å²) >= 11 is 0. The zero-order valence-electron chi connectivity index (χ0n) is 12.5. The maximum Gasteiger partial charge on any atom is 0.0312 e. The topological polar surface area (TPSA) is 19.4 Å². The van der Waals surface area contributed by atoms with Gasteiger partial charge in [0.15, 0.2) is 0 Å². The van der Waals surface area contributed by atoms with Gasteiger partial charge in [-0.1, -0.05) is 18.9 Å². The average molecular weight is 273 g/mol. The van der Waals surface area contributed by atoms with Crippen molar-refractivity contribution < 1.29 is 0 Å². The van der Waals surface area contributed by atoms with Gasteiger partial charge in [-0.25, -0.2) is 0 Å². The Morgan fingerprint density at radius 3 is 2.40 bits per heavy atom. The second kappa shape index (κ2) is 7.19. The Kier molecular flexibility index (Phi) is 5.04. The van der Waals surface area contributed by atoms with Crippen LogP contribution in [0, 0.1) is 0 Å². The molecule has 2 aliphatic rings. The molecule has 2 fully saturated rings. The second-order valence-electron chi connectivity index (χ2n) is 6.32. The van der Waals surface area contributed by atoms with Gasteiger partial charge in [0.25, 0.3) is 0 Å². The predicted molar refractivity (Wildman–Crippen MR) is 82.6 cm³/mol. The Morgan fingerprint density at radius 1 is 1.00 bits per heavy atom. The lowest BCUT2D eigenvalue weighted by molar-refractivity contribution is 0.107. The van der Waals surface area contributed by atoms with E-state index in [1.807, 2.05) is 18.5 Å². The van der Waals surface area contributed by atoms with Crippen LogP contribution in [-0.4, -0.2) is 47.0 Å². The maximum absolute atomic E-state index is 4.21.